The van der Waals surface area contributed by atoms with Gasteiger partial charge in [0.25, 0.3) is 0 Å². The second kappa shape index (κ2) is 4.99. The predicted octanol–water partition coefficient (Wildman–Crippen LogP) is -0.645. The molecule has 1 saturated heterocycles. The molecule has 4 heteroatoms. The van der Waals surface area contributed by atoms with Crippen LogP contribution in [-0.2, 0) is 4.74 Å². The monoisotopic (exact) mass is 152 g/mol. The van der Waals surface area contributed by atoms with E-state index >= 15 is 0 Å². The van der Waals surface area contributed by atoms with Crippen LogP contribution in [0.1, 0.15) is 0 Å². The van der Waals surface area contributed by atoms with E-state index in [4.69, 9.17) is 10.5 Å². The van der Waals surface area contributed by atoms with E-state index in [9.17, 15) is 0 Å². The van der Waals surface area contributed by atoms with Gasteiger partial charge in [-0.1, -0.05) is 0 Å². The van der Waals surface area contributed by atoms with Crippen molar-refractivity contribution in [3.8, 4) is 0 Å². The fraction of sp³-hybridized carbons (Fsp3) is 1.00. The highest BCUT2D eigenvalue weighted by Gasteiger charge is 2.09. The average molecular weight is 153 g/mol. The summed E-state index contributed by atoms with van der Waals surface area (Å²) in [5.41, 5.74) is 5.34. The molecule has 0 radical (unpaired) electrons. The van der Waals surface area contributed by atoms with Gasteiger partial charge >= 0.3 is 0 Å². The van der Waals surface area contributed by atoms with Crippen LogP contribution in [-0.4, -0.2) is 32.3 Å². The van der Waals surface area contributed by atoms with Crippen molar-refractivity contribution in [3.05, 3.63) is 0 Å². The van der Waals surface area contributed by atoms with E-state index in [1.807, 2.05) is 0 Å². The number of morpholine rings is 1. The van der Waals surface area contributed by atoms with Crippen molar-refractivity contribution in [1.29, 1.82) is 0 Å². The van der Waals surface area contributed by atoms with E-state index in [1.54, 1.807) is 0 Å². The highest BCUT2D eigenvalue weighted by molar-refractivity contribution is 5.85. The van der Waals surface area contributed by atoms with Crippen molar-refractivity contribution in [3.63, 3.8) is 0 Å². The first-order chi connectivity index (χ1) is 3.93. The molecule has 56 valence electrons. The molecule has 0 spiro atoms. The van der Waals surface area contributed by atoms with Gasteiger partial charge in [0.2, 0.25) is 0 Å². The van der Waals surface area contributed by atoms with E-state index < -0.39 is 0 Å². The molecule has 3 nitrogen and oxygen atoms in total. The van der Waals surface area contributed by atoms with E-state index in [0.717, 1.165) is 19.7 Å². The fourth-order valence-corrected chi connectivity index (χ4v) is 0.771. The zero-order valence-corrected chi connectivity index (χ0v) is 6.12. The standard InChI is InChI=1S/C5H12N2O.ClH/c6-3-5-4-7-1-2-8-5;/h5,7H,1-4,6H2;1H/t5-;/m1./s1. The summed E-state index contributed by atoms with van der Waals surface area (Å²) in [6.45, 7) is 3.32. The summed E-state index contributed by atoms with van der Waals surface area (Å²) in [5, 5.41) is 3.18. The number of nitrogens with one attached hydrogen (secondary N) is 1. The molecule has 0 aromatic rings. The molecule has 1 atom stereocenters. The molecule has 0 aliphatic carbocycles. The molecule has 1 rings (SSSR count). The van der Waals surface area contributed by atoms with Gasteiger partial charge in [0.05, 0.1) is 12.7 Å². The highest BCUT2D eigenvalue weighted by Crippen LogP contribution is 1.91. The van der Waals surface area contributed by atoms with Crippen molar-refractivity contribution >= 4 is 12.4 Å². The van der Waals surface area contributed by atoms with Crippen molar-refractivity contribution < 1.29 is 4.74 Å². The summed E-state index contributed by atoms with van der Waals surface area (Å²) < 4.78 is 5.24. The largest absolute Gasteiger partial charge is 0.374 e. The van der Waals surface area contributed by atoms with Gasteiger partial charge in [-0.2, -0.15) is 0 Å². The molecule has 3 N–H and O–H groups in total. The molecule has 1 aliphatic heterocycles. The van der Waals surface area contributed by atoms with Crippen LogP contribution in [0.3, 0.4) is 0 Å². The zero-order valence-electron chi connectivity index (χ0n) is 5.30. The van der Waals surface area contributed by atoms with Gasteiger partial charge in [-0.15, -0.1) is 12.4 Å². The SMILES string of the molecule is Cl.NC[C@@H]1CNCCO1. The fourth-order valence-electron chi connectivity index (χ4n) is 0.771. The number of nitrogens with two attached hydrogens (primary N) is 1. The number of hydrogen-bond acceptors (Lipinski definition) is 3. The second-order valence-electron chi connectivity index (χ2n) is 1.93. The minimum atomic E-state index is 0. The Morgan fingerprint density at radius 1 is 1.67 bits per heavy atom. The molecule has 0 aromatic carbocycles. The number of ether oxygens (including phenoxy) is 1. The Bertz CT molecular complexity index is 66.0. The van der Waals surface area contributed by atoms with Crippen LogP contribution in [0.25, 0.3) is 0 Å². The van der Waals surface area contributed by atoms with Crippen LogP contribution >= 0.6 is 12.4 Å². The van der Waals surface area contributed by atoms with Crippen LogP contribution in [0.2, 0.25) is 0 Å². The molecule has 9 heavy (non-hydrogen) atoms. The van der Waals surface area contributed by atoms with Crippen molar-refractivity contribution in [2.24, 2.45) is 5.73 Å². The molecule has 1 heterocycles. The molecule has 0 bridgehead atoms. The van der Waals surface area contributed by atoms with E-state index in [-0.39, 0.29) is 18.5 Å². The smallest absolute Gasteiger partial charge is 0.0822 e. The van der Waals surface area contributed by atoms with Gasteiger partial charge in [-0.05, 0) is 0 Å². The lowest BCUT2D eigenvalue weighted by Gasteiger charge is -2.21. The minimum Gasteiger partial charge on any atom is -0.374 e. The summed E-state index contributed by atoms with van der Waals surface area (Å²) in [5.74, 6) is 0. The van der Waals surface area contributed by atoms with Gasteiger partial charge in [0.15, 0.2) is 0 Å². The summed E-state index contributed by atoms with van der Waals surface area (Å²) in [6, 6.07) is 0. The van der Waals surface area contributed by atoms with Gasteiger partial charge in [0, 0.05) is 19.6 Å². The lowest BCUT2D eigenvalue weighted by atomic mass is 10.3. The third-order valence-electron chi connectivity index (χ3n) is 1.27. The molecule has 0 unspecified atom stereocenters. The maximum absolute atomic E-state index is 5.34. The lowest BCUT2D eigenvalue weighted by molar-refractivity contribution is 0.0346. The third-order valence-corrected chi connectivity index (χ3v) is 1.27. The van der Waals surface area contributed by atoms with Crippen LogP contribution in [0.15, 0.2) is 0 Å². The third kappa shape index (κ3) is 3.01. The average Bonchev–Trinajstić information content (AvgIpc) is 1.90. The van der Waals surface area contributed by atoms with Gasteiger partial charge in [-0.3, -0.25) is 0 Å². The summed E-state index contributed by atoms with van der Waals surface area (Å²) in [7, 11) is 0. The lowest BCUT2D eigenvalue weighted by Crippen LogP contribution is -2.42. The van der Waals surface area contributed by atoms with Gasteiger partial charge < -0.3 is 15.8 Å². The Balaban J connectivity index is 0.000000640. The summed E-state index contributed by atoms with van der Waals surface area (Å²) in [4.78, 5) is 0. The first kappa shape index (κ1) is 9.17. The van der Waals surface area contributed by atoms with Crippen LogP contribution in [0.4, 0.5) is 0 Å². The number of halogens is 1. The molecular formula is C5H13ClN2O. The van der Waals surface area contributed by atoms with Crippen molar-refractivity contribution in [2.75, 3.05) is 26.2 Å². The molecular weight excluding hydrogens is 140 g/mol. The normalized spacial score (nSPS) is 27.0. The molecule has 1 fully saturated rings. The Morgan fingerprint density at radius 3 is 2.78 bits per heavy atom. The topological polar surface area (TPSA) is 47.3 Å². The van der Waals surface area contributed by atoms with Crippen LogP contribution in [0.5, 0.6) is 0 Å². The Kier molecular flexibility index (Phi) is 5.09. The summed E-state index contributed by atoms with van der Waals surface area (Å²) >= 11 is 0. The predicted molar refractivity (Wildman–Crippen MR) is 38.9 cm³/mol. The Labute approximate surface area is 61.3 Å². The Hall–Kier alpha value is 0.170. The first-order valence-electron chi connectivity index (χ1n) is 2.96. The van der Waals surface area contributed by atoms with Crippen molar-refractivity contribution in [1.82, 2.24) is 5.32 Å². The number of rotatable bonds is 1. The van der Waals surface area contributed by atoms with Crippen LogP contribution in [0, 0.1) is 0 Å². The highest BCUT2D eigenvalue weighted by atomic mass is 35.5. The molecule has 0 saturated carbocycles. The van der Waals surface area contributed by atoms with E-state index in [1.165, 1.54) is 0 Å². The first-order valence-corrected chi connectivity index (χ1v) is 2.96. The molecule has 0 aromatic heterocycles. The summed E-state index contributed by atoms with van der Waals surface area (Å²) in [6.07, 6.45) is 0.253. The molecule has 0 amide bonds. The van der Waals surface area contributed by atoms with Crippen molar-refractivity contribution in [2.45, 2.75) is 6.10 Å². The maximum Gasteiger partial charge on any atom is 0.0822 e. The minimum absolute atomic E-state index is 0. The van der Waals surface area contributed by atoms with Gasteiger partial charge in [-0.25, -0.2) is 0 Å². The maximum atomic E-state index is 5.34. The van der Waals surface area contributed by atoms with Crippen LogP contribution < -0.4 is 11.1 Å². The van der Waals surface area contributed by atoms with E-state index in [2.05, 4.69) is 5.32 Å². The number of hydrogen-bond donors (Lipinski definition) is 2. The molecule has 1 aliphatic rings. The van der Waals surface area contributed by atoms with E-state index in [0.29, 0.717) is 6.54 Å². The quantitative estimate of drug-likeness (QED) is 0.525. The van der Waals surface area contributed by atoms with Gasteiger partial charge in [0.1, 0.15) is 0 Å². The zero-order chi connectivity index (χ0) is 5.82. The second-order valence-corrected chi connectivity index (χ2v) is 1.93. The Morgan fingerprint density at radius 2 is 2.44 bits per heavy atom.